The van der Waals surface area contributed by atoms with Gasteiger partial charge in [0.1, 0.15) is 5.75 Å². The van der Waals surface area contributed by atoms with Crippen LogP contribution in [0.15, 0.2) is 18.2 Å². The van der Waals surface area contributed by atoms with Gasteiger partial charge in [0.2, 0.25) is 0 Å². The Morgan fingerprint density at radius 2 is 2.29 bits per heavy atom. The second-order valence-electron chi connectivity index (χ2n) is 3.88. The lowest BCUT2D eigenvalue weighted by Crippen LogP contribution is -2.48. The van der Waals surface area contributed by atoms with Crippen molar-refractivity contribution in [1.29, 1.82) is 0 Å². The molecule has 2 N–H and O–H groups in total. The molecule has 1 atom stereocenters. The standard InChI is InChI=1S/C12H14N2O3/c1-3-13-11(15)10-12(16)14-8-6-7(2)4-5-9(8)17-10/h4-6,10H,3H2,1-2H3,(H,13,15)(H,14,16)/t10-/m1/s1. The first-order chi connectivity index (χ1) is 8.11. The van der Waals surface area contributed by atoms with Crippen LogP contribution in [0.5, 0.6) is 5.75 Å². The second-order valence-corrected chi connectivity index (χ2v) is 3.88. The molecule has 1 heterocycles. The van der Waals surface area contributed by atoms with Gasteiger partial charge < -0.3 is 15.4 Å². The minimum atomic E-state index is -1.11. The summed E-state index contributed by atoms with van der Waals surface area (Å²) in [6, 6.07) is 5.42. The van der Waals surface area contributed by atoms with Gasteiger partial charge in [0.05, 0.1) is 5.69 Å². The van der Waals surface area contributed by atoms with Crippen LogP contribution in [-0.2, 0) is 9.59 Å². The number of benzene rings is 1. The van der Waals surface area contributed by atoms with Crippen molar-refractivity contribution in [3.8, 4) is 5.75 Å². The lowest BCUT2D eigenvalue weighted by molar-refractivity contribution is -0.137. The molecule has 0 bridgehead atoms. The number of rotatable bonds is 2. The van der Waals surface area contributed by atoms with Gasteiger partial charge in [-0.05, 0) is 31.5 Å². The molecule has 0 fully saturated rings. The van der Waals surface area contributed by atoms with E-state index in [1.165, 1.54) is 0 Å². The van der Waals surface area contributed by atoms with Crippen LogP contribution in [0.1, 0.15) is 12.5 Å². The Labute approximate surface area is 99.2 Å². The van der Waals surface area contributed by atoms with Crippen LogP contribution in [0.2, 0.25) is 0 Å². The van der Waals surface area contributed by atoms with Gasteiger partial charge in [0.15, 0.2) is 0 Å². The maximum atomic E-state index is 11.7. The molecule has 1 aromatic rings. The Kier molecular flexibility index (Phi) is 2.99. The summed E-state index contributed by atoms with van der Waals surface area (Å²) in [5, 5.41) is 5.23. The molecule has 17 heavy (non-hydrogen) atoms. The summed E-state index contributed by atoms with van der Waals surface area (Å²) in [5.74, 6) is -0.336. The lowest BCUT2D eigenvalue weighted by Gasteiger charge is -2.25. The molecule has 0 spiro atoms. The third-order valence-corrected chi connectivity index (χ3v) is 2.47. The zero-order chi connectivity index (χ0) is 12.4. The molecule has 5 heteroatoms. The fourth-order valence-corrected chi connectivity index (χ4v) is 1.66. The van der Waals surface area contributed by atoms with Crippen LogP contribution < -0.4 is 15.4 Å². The first kappa shape index (κ1) is 11.4. The van der Waals surface area contributed by atoms with Gasteiger partial charge in [-0.15, -0.1) is 0 Å². The van der Waals surface area contributed by atoms with Crippen molar-refractivity contribution < 1.29 is 14.3 Å². The van der Waals surface area contributed by atoms with Crippen molar-refractivity contribution in [2.45, 2.75) is 20.0 Å². The number of nitrogens with one attached hydrogen (secondary N) is 2. The molecule has 1 aliphatic rings. The summed E-state index contributed by atoms with van der Waals surface area (Å²) < 4.78 is 5.39. The quantitative estimate of drug-likeness (QED) is 0.745. The molecule has 5 nitrogen and oxygen atoms in total. The minimum Gasteiger partial charge on any atom is -0.468 e. The highest BCUT2D eigenvalue weighted by atomic mass is 16.5. The molecule has 2 amide bonds. The summed E-state index contributed by atoms with van der Waals surface area (Å²) in [6.07, 6.45) is -1.11. The SMILES string of the molecule is CCNC(=O)[C@H]1Oc2ccc(C)cc2NC1=O. The van der Waals surface area contributed by atoms with Crippen molar-refractivity contribution >= 4 is 17.5 Å². The smallest absolute Gasteiger partial charge is 0.275 e. The number of hydrogen-bond donors (Lipinski definition) is 2. The molecule has 0 aromatic heterocycles. The van der Waals surface area contributed by atoms with Gasteiger partial charge in [0.25, 0.3) is 17.9 Å². The first-order valence-electron chi connectivity index (χ1n) is 5.47. The Morgan fingerprint density at radius 3 is 3.00 bits per heavy atom. The minimum absolute atomic E-state index is 0.420. The van der Waals surface area contributed by atoms with Crippen molar-refractivity contribution in [3.05, 3.63) is 23.8 Å². The van der Waals surface area contributed by atoms with Crippen LogP contribution in [-0.4, -0.2) is 24.5 Å². The molecular weight excluding hydrogens is 220 g/mol. The highest BCUT2D eigenvalue weighted by Crippen LogP contribution is 2.30. The number of carbonyl (C=O) groups excluding carboxylic acids is 2. The molecular formula is C12H14N2O3. The van der Waals surface area contributed by atoms with E-state index in [0.717, 1.165) is 5.56 Å². The summed E-state index contributed by atoms with van der Waals surface area (Å²) in [5.41, 5.74) is 1.62. The highest BCUT2D eigenvalue weighted by Gasteiger charge is 2.33. The first-order valence-corrected chi connectivity index (χ1v) is 5.47. The number of amides is 2. The van der Waals surface area contributed by atoms with E-state index >= 15 is 0 Å². The second kappa shape index (κ2) is 4.45. The van der Waals surface area contributed by atoms with E-state index < -0.39 is 17.9 Å². The number of likely N-dealkylation sites (N-methyl/N-ethyl adjacent to an activating group) is 1. The highest BCUT2D eigenvalue weighted by molar-refractivity contribution is 6.11. The van der Waals surface area contributed by atoms with Gasteiger partial charge in [-0.2, -0.15) is 0 Å². The molecule has 0 unspecified atom stereocenters. The predicted molar refractivity (Wildman–Crippen MR) is 62.9 cm³/mol. The summed E-state index contributed by atoms with van der Waals surface area (Å²) in [4.78, 5) is 23.3. The molecule has 2 rings (SSSR count). The van der Waals surface area contributed by atoms with Crippen molar-refractivity contribution in [3.63, 3.8) is 0 Å². The summed E-state index contributed by atoms with van der Waals surface area (Å²) in [6.45, 7) is 4.17. The average Bonchev–Trinajstić information content (AvgIpc) is 2.28. The molecule has 1 aromatic carbocycles. The third-order valence-electron chi connectivity index (χ3n) is 2.47. The van der Waals surface area contributed by atoms with Crippen LogP contribution in [0.4, 0.5) is 5.69 Å². The number of aryl methyl sites for hydroxylation is 1. The topological polar surface area (TPSA) is 67.4 Å². The molecule has 0 aliphatic carbocycles. The zero-order valence-corrected chi connectivity index (χ0v) is 9.74. The third kappa shape index (κ3) is 2.22. The fraction of sp³-hybridized carbons (Fsp3) is 0.333. The normalized spacial score (nSPS) is 17.8. The lowest BCUT2D eigenvalue weighted by atomic mass is 10.1. The van der Waals surface area contributed by atoms with E-state index in [0.29, 0.717) is 18.0 Å². The van der Waals surface area contributed by atoms with E-state index in [4.69, 9.17) is 4.74 Å². The maximum Gasteiger partial charge on any atom is 0.275 e. The van der Waals surface area contributed by atoms with E-state index in [-0.39, 0.29) is 0 Å². The number of hydrogen-bond acceptors (Lipinski definition) is 3. The van der Waals surface area contributed by atoms with Crippen molar-refractivity contribution in [1.82, 2.24) is 5.32 Å². The molecule has 0 radical (unpaired) electrons. The van der Waals surface area contributed by atoms with E-state index in [1.54, 1.807) is 19.1 Å². The maximum absolute atomic E-state index is 11.7. The van der Waals surface area contributed by atoms with Gasteiger partial charge in [-0.3, -0.25) is 9.59 Å². The Bertz CT molecular complexity index is 471. The Balaban J connectivity index is 2.24. The zero-order valence-electron chi connectivity index (χ0n) is 9.74. The van der Waals surface area contributed by atoms with Gasteiger partial charge >= 0.3 is 0 Å². The van der Waals surface area contributed by atoms with Crippen LogP contribution >= 0.6 is 0 Å². The molecule has 1 aliphatic heterocycles. The molecule has 0 saturated carbocycles. The largest absolute Gasteiger partial charge is 0.468 e. The average molecular weight is 234 g/mol. The molecule has 0 saturated heterocycles. The monoisotopic (exact) mass is 234 g/mol. The van der Waals surface area contributed by atoms with E-state index in [1.807, 2.05) is 13.0 Å². The summed E-state index contributed by atoms with van der Waals surface area (Å²) >= 11 is 0. The number of carbonyl (C=O) groups is 2. The van der Waals surface area contributed by atoms with Crippen LogP contribution in [0.3, 0.4) is 0 Å². The number of fused-ring (bicyclic) bond motifs is 1. The fourth-order valence-electron chi connectivity index (χ4n) is 1.66. The summed E-state index contributed by atoms with van der Waals surface area (Å²) in [7, 11) is 0. The van der Waals surface area contributed by atoms with Crippen LogP contribution in [0.25, 0.3) is 0 Å². The Morgan fingerprint density at radius 1 is 1.53 bits per heavy atom. The van der Waals surface area contributed by atoms with Gasteiger partial charge in [-0.1, -0.05) is 6.07 Å². The molecule has 90 valence electrons. The van der Waals surface area contributed by atoms with Gasteiger partial charge in [-0.25, -0.2) is 0 Å². The number of ether oxygens (including phenoxy) is 1. The van der Waals surface area contributed by atoms with E-state index in [2.05, 4.69) is 10.6 Å². The van der Waals surface area contributed by atoms with Crippen molar-refractivity contribution in [2.75, 3.05) is 11.9 Å². The van der Waals surface area contributed by atoms with E-state index in [9.17, 15) is 9.59 Å². The van der Waals surface area contributed by atoms with Crippen LogP contribution in [0, 0.1) is 6.92 Å². The number of anilines is 1. The predicted octanol–water partition coefficient (Wildman–Crippen LogP) is 0.831. The van der Waals surface area contributed by atoms with Gasteiger partial charge in [0, 0.05) is 6.54 Å². The Hall–Kier alpha value is -2.04. The van der Waals surface area contributed by atoms with Crippen molar-refractivity contribution in [2.24, 2.45) is 0 Å².